The first-order valence-corrected chi connectivity index (χ1v) is 4.02. The predicted octanol–water partition coefficient (Wildman–Crippen LogP) is 0.458. The van der Waals surface area contributed by atoms with Crippen molar-refractivity contribution in [3.05, 3.63) is 22.9 Å². The lowest BCUT2D eigenvalue weighted by Crippen LogP contribution is -2.28. The lowest BCUT2D eigenvalue weighted by molar-refractivity contribution is -0.142. The van der Waals surface area contributed by atoms with Crippen molar-refractivity contribution < 1.29 is 9.90 Å². The van der Waals surface area contributed by atoms with Gasteiger partial charge < -0.3 is 10.1 Å². The average Bonchev–Trinajstić information content (AvgIpc) is 2.48. The summed E-state index contributed by atoms with van der Waals surface area (Å²) in [5, 5.41) is 8.72. The van der Waals surface area contributed by atoms with Crippen LogP contribution in [0.2, 0.25) is 0 Å². The van der Waals surface area contributed by atoms with E-state index in [1.54, 1.807) is 20.0 Å². The molecule has 0 amide bonds. The number of nitrogens with zero attached hydrogens (tertiary/aromatic N) is 1. The molecule has 1 aromatic rings. The number of H-pyrrole nitrogens is 1. The molecule has 0 bridgehead atoms. The molecular formula is C8H12N2O3. The van der Waals surface area contributed by atoms with Crippen LogP contribution in [-0.4, -0.2) is 20.6 Å². The molecule has 2 unspecified atom stereocenters. The predicted molar refractivity (Wildman–Crippen MR) is 46.6 cm³/mol. The van der Waals surface area contributed by atoms with Gasteiger partial charge in [-0.05, 0) is 13.8 Å². The van der Waals surface area contributed by atoms with Crippen LogP contribution in [0, 0.1) is 5.92 Å². The van der Waals surface area contributed by atoms with Crippen molar-refractivity contribution in [2.45, 2.75) is 19.9 Å². The van der Waals surface area contributed by atoms with Gasteiger partial charge >= 0.3 is 11.7 Å². The second-order valence-electron chi connectivity index (χ2n) is 3.04. The van der Waals surface area contributed by atoms with Gasteiger partial charge in [0.25, 0.3) is 0 Å². The van der Waals surface area contributed by atoms with E-state index in [4.69, 9.17) is 5.11 Å². The average molecular weight is 184 g/mol. The van der Waals surface area contributed by atoms with E-state index in [1.807, 2.05) is 0 Å². The lowest BCUT2D eigenvalue weighted by atomic mass is 10.0. The molecule has 72 valence electrons. The van der Waals surface area contributed by atoms with Crippen molar-refractivity contribution in [2.24, 2.45) is 5.92 Å². The Labute approximate surface area is 75.0 Å². The fraction of sp³-hybridized carbons (Fsp3) is 0.500. The molecule has 5 heteroatoms. The summed E-state index contributed by atoms with van der Waals surface area (Å²) in [5.41, 5.74) is -0.277. The second-order valence-corrected chi connectivity index (χ2v) is 3.04. The molecule has 2 atom stereocenters. The topological polar surface area (TPSA) is 75.1 Å². The number of hydrogen-bond acceptors (Lipinski definition) is 2. The minimum atomic E-state index is -0.902. The van der Waals surface area contributed by atoms with Gasteiger partial charge in [0.05, 0.1) is 5.92 Å². The van der Waals surface area contributed by atoms with Crippen LogP contribution in [0.25, 0.3) is 0 Å². The first kappa shape index (κ1) is 9.57. The van der Waals surface area contributed by atoms with E-state index in [2.05, 4.69) is 4.98 Å². The summed E-state index contributed by atoms with van der Waals surface area (Å²) in [6.45, 7) is 3.28. The summed E-state index contributed by atoms with van der Waals surface area (Å²) in [7, 11) is 0. The van der Waals surface area contributed by atoms with E-state index in [0.717, 1.165) is 0 Å². The molecule has 0 fully saturated rings. The van der Waals surface area contributed by atoms with Crippen molar-refractivity contribution in [3.8, 4) is 0 Å². The summed E-state index contributed by atoms with van der Waals surface area (Å²) in [4.78, 5) is 24.2. The molecule has 0 saturated carbocycles. The van der Waals surface area contributed by atoms with Crippen LogP contribution < -0.4 is 5.69 Å². The largest absolute Gasteiger partial charge is 0.481 e. The number of aromatic nitrogens is 2. The Morgan fingerprint density at radius 1 is 1.62 bits per heavy atom. The van der Waals surface area contributed by atoms with Crippen molar-refractivity contribution >= 4 is 5.97 Å². The van der Waals surface area contributed by atoms with E-state index in [1.165, 1.54) is 10.8 Å². The molecule has 0 radical (unpaired) electrons. The van der Waals surface area contributed by atoms with Crippen LogP contribution in [-0.2, 0) is 4.79 Å². The number of rotatable bonds is 3. The minimum absolute atomic E-state index is 0.277. The number of aromatic amines is 1. The number of hydrogen-bond donors (Lipinski definition) is 2. The second kappa shape index (κ2) is 3.47. The molecule has 0 spiro atoms. The monoisotopic (exact) mass is 184 g/mol. The molecule has 13 heavy (non-hydrogen) atoms. The number of carbonyl (C=O) groups is 1. The highest BCUT2D eigenvalue weighted by Gasteiger charge is 2.21. The highest BCUT2D eigenvalue weighted by Crippen LogP contribution is 2.14. The Hall–Kier alpha value is -1.52. The number of nitrogens with one attached hydrogen (secondary N) is 1. The van der Waals surface area contributed by atoms with Gasteiger partial charge in [-0.3, -0.25) is 9.36 Å². The third-order valence-corrected chi connectivity index (χ3v) is 2.23. The Bertz CT molecular complexity index is 352. The summed E-state index contributed by atoms with van der Waals surface area (Å²) >= 11 is 0. The van der Waals surface area contributed by atoms with E-state index in [-0.39, 0.29) is 11.7 Å². The highest BCUT2D eigenvalue weighted by atomic mass is 16.4. The van der Waals surface area contributed by atoms with Crippen molar-refractivity contribution in [1.29, 1.82) is 0 Å². The molecule has 2 N–H and O–H groups in total. The summed E-state index contributed by atoms with van der Waals surface area (Å²) < 4.78 is 1.37. The SMILES string of the molecule is CC(C(=O)O)C(C)n1cc[nH]c1=O. The smallest absolute Gasteiger partial charge is 0.325 e. The molecule has 0 aliphatic rings. The van der Waals surface area contributed by atoms with Gasteiger partial charge in [-0.15, -0.1) is 0 Å². The fourth-order valence-corrected chi connectivity index (χ4v) is 1.10. The maximum absolute atomic E-state index is 11.1. The van der Waals surface area contributed by atoms with E-state index in [0.29, 0.717) is 0 Å². The van der Waals surface area contributed by atoms with Gasteiger partial charge in [0.15, 0.2) is 0 Å². The Morgan fingerprint density at radius 2 is 2.23 bits per heavy atom. The maximum Gasteiger partial charge on any atom is 0.325 e. The summed E-state index contributed by atoms with van der Waals surface area (Å²) in [6.07, 6.45) is 3.04. The molecule has 1 rings (SSSR count). The van der Waals surface area contributed by atoms with Gasteiger partial charge in [0, 0.05) is 18.4 Å². The Kier molecular flexibility index (Phi) is 2.55. The molecule has 1 aromatic heterocycles. The number of imidazole rings is 1. The number of aliphatic carboxylic acids is 1. The molecule has 0 aliphatic carbocycles. The quantitative estimate of drug-likeness (QED) is 0.716. The minimum Gasteiger partial charge on any atom is -0.481 e. The zero-order valence-electron chi connectivity index (χ0n) is 7.52. The van der Waals surface area contributed by atoms with Gasteiger partial charge in [-0.25, -0.2) is 4.79 Å². The molecule has 0 saturated heterocycles. The van der Waals surface area contributed by atoms with Crippen LogP contribution in [0.1, 0.15) is 19.9 Å². The molecule has 0 aromatic carbocycles. The number of carboxylic acid groups (broad SMARTS) is 1. The Morgan fingerprint density at radius 3 is 2.62 bits per heavy atom. The highest BCUT2D eigenvalue weighted by molar-refractivity contribution is 5.70. The zero-order chi connectivity index (χ0) is 10.0. The number of carboxylic acids is 1. The van der Waals surface area contributed by atoms with Gasteiger partial charge in [-0.1, -0.05) is 0 Å². The first-order chi connectivity index (χ1) is 6.04. The van der Waals surface area contributed by atoms with Crippen LogP contribution >= 0.6 is 0 Å². The standard InChI is InChI=1S/C8H12N2O3/c1-5(7(11)12)6(2)10-4-3-9-8(10)13/h3-6H,1-2H3,(H,9,13)(H,11,12). The van der Waals surface area contributed by atoms with Crippen LogP contribution in [0.5, 0.6) is 0 Å². The van der Waals surface area contributed by atoms with Gasteiger partial charge in [0.2, 0.25) is 0 Å². The maximum atomic E-state index is 11.1. The summed E-state index contributed by atoms with van der Waals surface area (Å²) in [6, 6.07) is -0.337. The van der Waals surface area contributed by atoms with Crippen LogP contribution in [0.4, 0.5) is 0 Å². The normalized spacial score (nSPS) is 15.2. The van der Waals surface area contributed by atoms with Crippen LogP contribution in [0.3, 0.4) is 0 Å². The third-order valence-electron chi connectivity index (χ3n) is 2.23. The molecule has 1 heterocycles. The van der Waals surface area contributed by atoms with E-state index >= 15 is 0 Å². The summed E-state index contributed by atoms with van der Waals surface area (Å²) in [5.74, 6) is -1.48. The van der Waals surface area contributed by atoms with Gasteiger partial charge in [0.1, 0.15) is 0 Å². The first-order valence-electron chi connectivity index (χ1n) is 4.02. The van der Waals surface area contributed by atoms with Crippen molar-refractivity contribution in [3.63, 3.8) is 0 Å². The van der Waals surface area contributed by atoms with E-state index in [9.17, 15) is 9.59 Å². The third kappa shape index (κ3) is 1.80. The molecule has 0 aliphatic heterocycles. The lowest BCUT2D eigenvalue weighted by Gasteiger charge is -2.15. The van der Waals surface area contributed by atoms with Crippen LogP contribution in [0.15, 0.2) is 17.2 Å². The van der Waals surface area contributed by atoms with Gasteiger partial charge in [-0.2, -0.15) is 0 Å². The van der Waals surface area contributed by atoms with Crippen molar-refractivity contribution in [2.75, 3.05) is 0 Å². The fourth-order valence-electron chi connectivity index (χ4n) is 1.10. The molecular weight excluding hydrogens is 172 g/mol. The van der Waals surface area contributed by atoms with E-state index < -0.39 is 11.9 Å². The molecule has 5 nitrogen and oxygen atoms in total. The Balaban J connectivity index is 2.91. The van der Waals surface area contributed by atoms with Crippen molar-refractivity contribution in [1.82, 2.24) is 9.55 Å². The zero-order valence-corrected chi connectivity index (χ0v) is 7.52.